The molecule has 0 aliphatic carbocycles. The van der Waals surface area contributed by atoms with Crippen molar-refractivity contribution in [1.29, 1.82) is 0 Å². The molecule has 192 valence electrons. The van der Waals surface area contributed by atoms with E-state index >= 15 is 0 Å². The Labute approximate surface area is 223 Å². The Hall–Kier alpha value is -4.57. The molecule has 3 heterocycles. The van der Waals surface area contributed by atoms with Gasteiger partial charge < -0.3 is 20.9 Å². The van der Waals surface area contributed by atoms with E-state index in [0.717, 1.165) is 22.5 Å². The lowest BCUT2D eigenvalue weighted by molar-refractivity contribution is 0.102. The summed E-state index contributed by atoms with van der Waals surface area (Å²) >= 11 is 1.62. The Morgan fingerprint density at radius 3 is 2.58 bits per heavy atom. The van der Waals surface area contributed by atoms with Gasteiger partial charge in [0.15, 0.2) is 5.82 Å². The van der Waals surface area contributed by atoms with E-state index in [1.807, 2.05) is 55.0 Å². The lowest BCUT2D eigenvalue weighted by atomic mass is 10.1. The molecule has 0 saturated carbocycles. The van der Waals surface area contributed by atoms with Crippen LogP contribution in [0.4, 0.5) is 27.4 Å². The van der Waals surface area contributed by atoms with E-state index in [1.165, 1.54) is 0 Å². The first-order chi connectivity index (χ1) is 18.3. The molecule has 5 rings (SSSR count). The second kappa shape index (κ2) is 10.4. The fourth-order valence-corrected chi connectivity index (χ4v) is 4.90. The molecule has 10 heteroatoms. The van der Waals surface area contributed by atoms with Gasteiger partial charge in [0.1, 0.15) is 11.5 Å². The third kappa shape index (κ3) is 5.12. The largest absolute Gasteiger partial charge is 0.397 e. The Morgan fingerprint density at radius 2 is 1.87 bits per heavy atom. The highest BCUT2D eigenvalue weighted by molar-refractivity contribution is 7.13. The minimum absolute atomic E-state index is 0.0884. The zero-order chi connectivity index (χ0) is 26.8. The number of benzene rings is 2. The molecule has 0 bridgehead atoms. The number of nitrogens with zero attached hydrogens (tertiary/aromatic N) is 4. The van der Waals surface area contributed by atoms with Crippen LogP contribution in [-0.2, 0) is 0 Å². The van der Waals surface area contributed by atoms with E-state index in [-0.39, 0.29) is 23.6 Å². The molecule has 3 aromatic heterocycles. The first-order valence-electron chi connectivity index (χ1n) is 12.0. The number of anilines is 4. The molecule has 0 atom stereocenters. The maximum absolute atomic E-state index is 14.7. The second-order valence-corrected chi connectivity index (χ2v) is 9.93. The van der Waals surface area contributed by atoms with Crippen LogP contribution < -0.4 is 16.4 Å². The summed E-state index contributed by atoms with van der Waals surface area (Å²) in [5, 5.41) is 7.97. The van der Waals surface area contributed by atoms with E-state index in [9.17, 15) is 9.18 Å². The molecular weight excluding hydrogens is 501 g/mol. The number of carbonyl (C=O) groups is 1. The number of aromatic nitrogens is 4. The van der Waals surface area contributed by atoms with Gasteiger partial charge in [-0.3, -0.25) is 4.79 Å². The number of hydrogen-bond acceptors (Lipinski definition) is 7. The lowest BCUT2D eigenvalue weighted by Crippen LogP contribution is -2.13. The van der Waals surface area contributed by atoms with Crippen molar-refractivity contribution in [2.75, 3.05) is 16.4 Å². The molecule has 1 amide bonds. The van der Waals surface area contributed by atoms with Gasteiger partial charge in [0.2, 0.25) is 5.95 Å². The van der Waals surface area contributed by atoms with Gasteiger partial charge in [-0.15, -0.1) is 11.3 Å². The van der Waals surface area contributed by atoms with Crippen LogP contribution in [-0.4, -0.2) is 25.4 Å². The number of amides is 1. The number of hydrogen-bond donors (Lipinski definition) is 3. The lowest BCUT2D eigenvalue weighted by Gasteiger charge is -2.14. The maximum atomic E-state index is 14.7. The normalized spacial score (nSPS) is 11.1. The highest BCUT2D eigenvalue weighted by Gasteiger charge is 2.18. The molecular formula is C28H26FN7OS. The monoisotopic (exact) mass is 527 g/mol. The predicted octanol–water partition coefficient (Wildman–Crippen LogP) is 6.68. The van der Waals surface area contributed by atoms with Gasteiger partial charge in [-0.2, -0.15) is 0 Å². The number of rotatable bonds is 7. The van der Waals surface area contributed by atoms with Gasteiger partial charge in [-0.05, 0) is 74.2 Å². The molecule has 5 aromatic rings. The molecule has 2 aromatic carbocycles. The minimum atomic E-state index is -0.535. The van der Waals surface area contributed by atoms with Gasteiger partial charge in [-0.1, -0.05) is 12.1 Å². The average molecular weight is 528 g/mol. The maximum Gasteiger partial charge on any atom is 0.255 e. The van der Waals surface area contributed by atoms with Crippen molar-refractivity contribution >= 4 is 40.3 Å². The summed E-state index contributed by atoms with van der Waals surface area (Å²) in [4.78, 5) is 26.8. The summed E-state index contributed by atoms with van der Waals surface area (Å²) in [5.41, 5.74) is 9.95. The van der Waals surface area contributed by atoms with Crippen LogP contribution in [0.2, 0.25) is 0 Å². The number of thiophene rings is 1. The summed E-state index contributed by atoms with van der Waals surface area (Å²) in [5.74, 6) is 0.179. The molecule has 0 aliphatic heterocycles. The van der Waals surface area contributed by atoms with Crippen molar-refractivity contribution in [3.8, 4) is 21.8 Å². The van der Waals surface area contributed by atoms with Crippen molar-refractivity contribution in [3.05, 3.63) is 89.6 Å². The quantitative estimate of drug-likeness (QED) is 0.204. The van der Waals surface area contributed by atoms with Crippen LogP contribution in [0.15, 0.2) is 72.4 Å². The van der Waals surface area contributed by atoms with E-state index < -0.39 is 5.82 Å². The van der Waals surface area contributed by atoms with Crippen LogP contribution in [0.25, 0.3) is 21.8 Å². The number of carbonyl (C=O) groups excluding carboxylic acids is 1. The van der Waals surface area contributed by atoms with Crippen LogP contribution >= 0.6 is 11.3 Å². The van der Waals surface area contributed by atoms with Gasteiger partial charge in [0, 0.05) is 22.2 Å². The average Bonchev–Trinajstić information content (AvgIpc) is 3.57. The third-order valence-electron chi connectivity index (χ3n) is 6.00. The molecule has 0 radical (unpaired) electrons. The summed E-state index contributed by atoms with van der Waals surface area (Å²) in [6.45, 7) is 5.88. The van der Waals surface area contributed by atoms with E-state index in [1.54, 1.807) is 47.9 Å². The number of imidazole rings is 1. The van der Waals surface area contributed by atoms with E-state index in [0.29, 0.717) is 28.3 Å². The minimum Gasteiger partial charge on any atom is -0.397 e. The topological polar surface area (TPSA) is 111 Å². The molecule has 0 fully saturated rings. The first-order valence-corrected chi connectivity index (χ1v) is 12.9. The smallest absolute Gasteiger partial charge is 0.255 e. The number of nitrogens with two attached hydrogens (primary N) is 1. The molecule has 0 unspecified atom stereocenters. The Kier molecular flexibility index (Phi) is 6.89. The third-order valence-corrected chi connectivity index (χ3v) is 6.91. The standard InChI is InChI=1S/C28H26FN7OS/c1-16(2)36-17(3)31-15-24(36)26-21(29)14-32-28(35-26)33-20-9-6-18(7-10-20)27(37)34-23-13-19(8-11-22(23)30)25-5-4-12-38-25/h4-16H,30H2,1-3H3,(H,34,37)(H,32,33,35). The number of aryl methyl sites for hydroxylation is 1. The first kappa shape index (κ1) is 25.1. The van der Waals surface area contributed by atoms with Crippen molar-refractivity contribution in [2.24, 2.45) is 0 Å². The molecule has 4 N–H and O–H groups in total. The summed E-state index contributed by atoms with van der Waals surface area (Å²) in [6, 6.07) is 16.5. The van der Waals surface area contributed by atoms with E-state index in [4.69, 9.17) is 5.73 Å². The van der Waals surface area contributed by atoms with Crippen molar-refractivity contribution in [3.63, 3.8) is 0 Å². The molecule has 0 saturated heterocycles. The Morgan fingerprint density at radius 1 is 1.08 bits per heavy atom. The van der Waals surface area contributed by atoms with Gasteiger partial charge in [0.05, 0.1) is 29.5 Å². The number of nitrogen functional groups attached to an aromatic ring is 1. The van der Waals surface area contributed by atoms with Gasteiger partial charge in [0.25, 0.3) is 5.91 Å². The summed E-state index contributed by atoms with van der Waals surface area (Å²) < 4.78 is 16.6. The van der Waals surface area contributed by atoms with Crippen molar-refractivity contribution < 1.29 is 9.18 Å². The molecule has 8 nitrogen and oxygen atoms in total. The molecule has 0 spiro atoms. The molecule has 0 aliphatic rings. The van der Waals surface area contributed by atoms with Crippen molar-refractivity contribution in [2.45, 2.75) is 26.8 Å². The van der Waals surface area contributed by atoms with Crippen LogP contribution in [0.3, 0.4) is 0 Å². The zero-order valence-corrected chi connectivity index (χ0v) is 21.9. The van der Waals surface area contributed by atoms with Crippen LogP contribution in [0.5, 0.6) is 0 Å². The fraction of sp³-hybridized carbons (Fsp3) is 0.143. The fourth-order valence-electron chi connectivity index (χ4n) is 4.18. The number of halogens is 1. The SMILES string of the molecule is Cc1ncc(-c2nc(Nc3ccc(C(=O)Nc4cc(-c5cccs5)ccc4N)cc3)ncc2F)n1C(C)C. The van der Waals surface area contributed by atoms with Crippen molar-refractivity contribution in [1.82, 2.24) is 19.5 Å². The van der Waals surface area contributed by atoms with Gasteiger partial charge >= 0.3 is 0 Å². The number of nitrogens with one attached hydrogen (secondary N) is 2. The predicted molar refractivity (Wildman–Crippen MR) is 150 cm³/mol. The Balaban J connectivity index is 1.32. The van der Waals surface area contributed by atoms with Gasteiger partial charge in [-0.25, -0.2) is 19.3 Å². The highest BCUT2D eigenvalue weighted by Crippen LogP contribution is 2.31. The summed E-state index contributed by atoms with van der Waals surface area (Å²) in [6.07, 6.45) is 2.75. The summed E-state index contributed by atoms with van der Waals surface area (Å²) in [7, 11) is 0. The Bertz CT molecular complexity index is 1590. The van der Waals surface area contributed by atoms with Crippen LogP contribution in [0, 0.1) is 12.7 Å². The van der Waals surface area contributed by atoms with Crippen LogP contribution in [0.1, 0.15) is 36.1 Å². The molecule has 38 heavy (non-hydrogen) atoms. The zero-order valence-electron chi connectivity index (χ0n) is 21.1. The van der Waals surface area contributed by atoms with E-state index in [2.05, 4.69) is 25.6 Å². The second-order valence-electron chi connectivity index (χ2n) is 8.98. The highest BCUT2D eigenvalue weighted by atomic mass is 32.1.